The molecule has 28 heavy (non-hydrogen) atoms. The number of amidine groups is 1. The van der Waals surface area contributed by atoms with Gasteiger partial charge < -0.3 is 15.4 Å². The highest BCUT2D eigenvalue weighted by Crippen LogP contribution is 2.23. The fourth-order valence-electron chi connectivity index (χ4n) is 2.44. The second-order valence-electron chi connectivity index (χ2n) is 6.14. The molecule has 3 rings (SSSR count). The molecule has 1 aliphatic heterocycles. The Morgan fingerprint density at radius 3 is 2.61 bits per heavy atom. The molecule has 0 bridgehead atoms. The van der Waals surface area contributed by atoms with Crippen LogP contribution in [-0.2, 0) is 9.59 Å². The number of hydrogen-bond donors (Lipinski definition) is 2. The first-order chi connectivity index (χ1) is 13.5. The highest BCUT2D eigenvalue weighted by Gasteiger charge is 2.32. The first-order valence-electron chi connectivity index (χ1n) is 8.62. The smallest absolute Gasteiger partial charge is 0.240 e. The van der Waals surface area contributed by atoms with Crippen LogP contribution in [0.5, 0.6) is 5.75 Å². The summed E-state index contributed by atoms with van der Waals surface area (Å²) in [5, 5.41) is 13.3. The third-order valence-corrected chi connectivity index (χ3v) is 5.03. The zero-order chi connectivity index (χ0) is 19.9. The van der Waals surface area contributed by atoms with Crippen LogP contribution in [-0.4, -0.2) is 35.6 Å². The minimum Gasteiger partial charge on any atom is -0.497 e. The van der Waals surface area contributed by atoms with E-state index < -0.39 is 5.25 Å². The lowest BCUT2D eigenvalue weighted by atomic mass is 10.2. The van der Waals surface area contributed by atoms with Gasteiger partial charge >= 0.3 is 0 Å². The van der Waals surface area contributed by atoms with Crippen LogP contribution in [0.1, 0.15) is 17.5 Å². The molecule has 8 heteroatoms. The Labute approximate surface area is 167 Å². The van der Waals surface area contributed by atoms with Gasteiger partial charge in [-0.3, -0.25) is 9.59 Å². The Hall–Kier alpha value is -3.13. The van der Waals surface area contributed by atoms with Crippen molar-refractivity contribution in [3.05, 3.63) is 59.7 Å². The number of anilines is 1. The molecule has 1 aliphatic rings. The summed E-state index contributed by atoms with van der Waals surface area (Å²) in [7, 11) is 1.60. The average Bonchev–Trinajstić information content (AvgIpc) is 3.03. The van der Waals surface area contributed by atoms with Crippen molar-refractivity contribution in [3.63, 3.8) is 0 Å². The van der Waals surface area contributed by atoms with Crippen LogP contribution in [0.2, 0.25) is 0 Å². The largest absolute Gasteiger partial charge is 0.497 e. The van der Waals surface area contributed by atoms with Gasteiger partial charge in [-0.25, -0.2) is 0 Å². The number of benzene rings is 2. The minimum atomic E-state index is -0.527. The third kappa shape index (κ3) is 5.43. The molecular weight excluding hydrogens is 376 g/mol. The summed E-state index contributed by atoms with van der Waals surface area (Å²) in [6.07, 6.45) is 1.64. The summed E-state index contributed by atoms with van der Waals surface area (Å²) < 4.78 is 5.10. The summed E-state index contributed by atoms with van der Waals surface area (Å²) in [6.45, 7) is 1.98. The van der Waals surface area contributed by atoms with E-state index in [4.69, 9.17) is 4.74 Å². The molecule has 2 amide bonds. The number of ether oxygens (including phenoxy) is 1. The summed E-state index contributed by atoms with van der Waals surface area (Å²) in [6, 6.07) is 14.8. The van der Waals surface area contributed by atoms with Gasteiger partial charge in [0.15, 0.2) is 5.17 Å². The first-order valence-corrected chi connectivity index (χ1v) is 9.50. The van der Waals surface area contributed by atoms with Crippen molar-refractivity contribution in [1.29, 1.82) is 0 Å². The van der Waals surface area contributed by atoms with Gasteiger partial charge in [0.2, 0.25) is 11.8 Å². The molecule has 1 fully saturated rings. The lowest BCUT2D eigenvalue weighted by Gasteiger charge is -2.07. The van der Waals surface area contributed by atoms with Crippen LogP contribution in [0, 0.1) is 6.92 Å². The minimum absolute atomic E-state index is 0.0611. The van der Waals surface area contributed by atoms with Crippen molar-refractivity contribution in [2.24, 2.45) is 10.2 Å². The van der Waals surface area contributed by atoms with Gasteiger partial charge in [0.25, 0.3) is 0 Å². The van der Waals surface area contributed by atoms with Gasteiger partial charge in [0.05, 0.1) is 13.3 Å². The van der Waals surface area contributed by atoms with Crippen molar-refractivity contribution in [3.8, 4) is 5.75 Å². The Morgan fingerprint density at radius 2 is 1.93 bits per heavy atom. The fraction of sp³-hybridized carbons (Fsp3) is 0.200. The molecule has 2 aromatic rings. The topological polar surface area (TPSA) is 92.2 Å². The molecule has 1 heterocycles. The number of rotatable bonds is 6. The monoisotopic (exact) mass is 396 g/mol. The van der Waals surface area contributed by atoms with Gasteiger partial charge in [0, 0.05) is 12.1 Å². The van der Waals surface area contributed by atoms with E-state index in [1.807, 2.05) is 55.5 Å². The van der Waals surface area contributed by atoms with E-state index in [1.54, 1.807) is 13.3 Å². The number of nitrogens with one attached hydrogen (secondary N) is 2. The molecule has 7 nitrogen and oxygen atoms in total. The summed E-state index contributed by atoms with van der Waals surface area (Å²) in [5.41, 5.74) is 2.67. The number of hydrogen-bond acceptors (Lipinski definition) is 6. The number of thioether (sulfide) groups is 1. The van der Waals surface area contributed by atoms with E-state index in [2.05, 4.69) is 20.8 Å². The van der Waals surface area contributed by atoms with Crippen molar-refractivity contribution in [2.45, 2.75) is 18.6 Å². The number of carbonyl (C=O) groups is 2. The molecule has 0 saturated carbocycles. The van der Waals surface area contributed by atoms with Crippen molar-refractivity contribution in [2.75, 3.05) is 12.4 Å². The van der Waals surface area contributed by atoms with Gasteiger partial charge in [-0.15, -0.1) is 5.10 Å². The predicted octanol–water partition coefficient (Wildman–Crippen LogP) is 2.95. The Balaban J connectivity index is 1.53. The molecule has 1 atom stereocenters. The Bertz CT molecular complexity index is 908. The summed E-state index contributed by atoms with van der Waals surface area (Å²) in [4.78, 5) is 24.2. The van der Waals surface area contributed by atoms with Gasteiger partial charge in [-0.2, -0.15) is 5.10 Å². The highest BCUT2D eigenvalue weighted by atomic mass is 32.2. The van der Waals surface area contributed by atoms with Gasteiger partial charge in [0.1, 0.15) is 11.0 Å². The van der Waals surface area contributed by atoms with Crippen LogP contribution >= 0.6 is 11.8 Å². The molecule has 1 saturated heterocycles. The highest BCUT2D eigenvalue weighted by molar-refractivity contribution is 8.15. The summed E-state index contributed by atoms with van der Waals surface area (Å²) in [5.74, 6) is 0.288. The van der Waals surface area contributed by atoms with Gasteiger partial charge in [-0.1, -0.05) is 29.5 Å². The SMILES string of the molecule is COc1ccc(/C=N\N=C2\NC(=O)[C@@H](CC(=O)Nc3ccc(C)cc3)S2)cc1. The molecule has 0 spiro atoms. The van der Waals surface area contributed by atoms with Crippen LogP contribution < -0.4 is 15.4 Å². The maximum atomic E-state index is 12.2. The molecular formula is C20H20N4O3S. The second kappa shape index (κ2) is 9.18. The zero-order valence-electron chi connectivity index (χ0n) is 15.5. The number of methoxy groups -OCH3 is 1. The predicted molar refractivity (Wildman–Crippen MR) is 112 cm³/mol. The van der Waals surface area contributed by atoms with Crippen molar-refractivity contribution < 1.29 is 14.3 Å². The quantitative estimate of drug-likeness (QED) is 0.580. The van der Waals surface area contributed by atoms with E-state index in [1.165, 1.54) is 11.8 Å². The molecule has 0 aromatic heterocycles. The van der Waals surface area contributed by atoms with Crippen LogP contribution in [0.25, 0.3) is 0 Å². The molecule has 2 aromatic carbocycles. The van der Waals surface area contributed by atoms with E-state index in [9.17, 15) is 9.59 Å². The number of nitrogens with zero attached hydrogens (tertiary/aromatic N) is 2. The van der Waals surface area contributed by atoms with E-state index >= 15 is 0 Å². The fourth-order valence-corrected chi connectivity index (χ4v) is 3.37. The average molecular weight is 396 g/mol. The maximum Gasteiger partial charge on any atom is 0.240 e. The number of carbonyl (C=O) groups excluding carboxylic acids is 2. The molecule has 0 aliphatic carbocycles. The molecule has 0 radical (unpaired) electrons. The van der Waals surface area contributed by atoms with Crippen LogP contribution in [0.15, 0.2) is 58.7 Å². The molecule has 144 valence electrons. The second-order valence-corrected chi connectivity index (χ2v) is 7.33. The Kier molecular flexibility index (Phi) is 6.44. The van der Waals surface area contributed by atoms with E-state index in [0.717, 1.165) is 16.9 Å². The lowest BCUT2D eigenvalue weighted by molar-refractivity contribution is -0.122. The number of amides is 2. The maximum absolute atomic E-state index is 12.2. The lowest BCUT2D eigenvalue weighted by Crippen LogP contribution is -2.28. The standard InChI is InChI=1S/C20H20N4O3S/c1-13-3-7-15(8-4-13)22-18(25)11-17-19(26)23-20(28-17)24-21-12-14-5-9-16(27-2)10-6-14/h3-10,12,17H,11H2,1-2H3,(H,22,25)(H,23,24,26)/b21-12-/t17-/m1/s1. The van der Waals surface area contributed by atoms with Crippen LogP contribution in [0.3, 0.4) is 0 Å². The molecule has 0 unspecified atom stereocenters. The van der Waals surface area contributed by atoms with Crippen LogP contribution in [0.4, 0.5) is 5.69 Å². The van der Waals surface area contributed by atoms with Crippen molar-refractivity contribution in [1.82, 2.24) is 5.32 Å². The first kappa shape index (κ1) is 19.6. The van der Waals surface area contributed by atoms with Gasteiger partial charge in [-0.05, 0) is 48.9 Å². The Morgan fingerprint density at radius 1 is 1.21 bits per heavy atom. The third-order valence-electron chi connectivity index (χ3n) is 3.95. The van der Waals surface area contributed by atoms with E-state index in [-0.39, 0.29) is 18.2 Å². The summed E-state index contributed by atoms with van der Waals surface area (Å²) >= 11 is 1.20. The number of aryl methyl sites for hydroxylation is 1. The normalized spacial score (nSPS) is 17.7. The molecule has 2 N–H and O–H groups in total. The van der Waals surface area contributed by atoms with Crippen molar-refractivity contribution >= 4 is 40.6 Å². The van der Waals surface area contributed by atoms with E-state index in [0.29, 0.717) is 10.9 Å². The zero-order valence-corrected chi connectivity index (χ0v) is 16.3.